The first-order valence-corrected chi connectivity index (χ1v) is 10.4. The minimum Gasteiger partial charge on any atom is -0.309 e. The Bertz CT molecular complexity index is 642. The van der Waals surface area contributed by atoms with Gasteiger partial charge >= 0.3 is 0 Å². The van der Waals surface area contributed by atoms with Crippen molar-refractivity contribution in [2.75, 3.05) is 26.8 Å². The van der Waals surface area contributed by atoms with Gasteiger partial charge in [0.05, 0.1) is 0 Å². The Labute approximate surface area is 146 Å². The van der Waals surface area contributed by atoms with Crippen LogP contribution in [0, 0.1) is 0 Å². The molecule has 0 saturated carbocycles. The van der Waals surface area contributed by atoms with Crippen molar-refractivity contribution in [2.24, 2.45) is 0 Å². The second-order valence-electron chi connectivity index (χ2n) is 6.34. The summed E-state index contributed by atoms with van der Waals surface area (Å²) in [5.41, 5.74) is 0. The molecule has 24 heavy (non-hydrogen) atoms. The van der Waals surface area contributed by atoms with E-state index in [0.29, 0.717) is 0 Å². The van der Waals surface area contributed by atoms with Crippen LogP contribution in [0.2, 0.25) is 0 Å². The van der Waals surface area contributed by atoms with Crippen molar-refractivity contribution in [1.82, 2.24) is 4.90 Å². The molecule has 3 rings (SSSR count). The normalized spacial score (nSPS) is 11.6. The van der Waals surface area contributed by atoms with Crippen LogP contribution in [0.15, 0.2) is 91.0 Å². The van der Waals surface area contributed by atoms with Crippen molar-refractivity contribution in [3.8, 4) is 0 Å². The Balaban J connectivity index is 2.24. The monoisotopic (exact) mass is 334 g/mol. The van der Waals surface area contributed by atoms with Gasteiger partial charge in [-0.25, -0.2) is 0 Å². The molecule has 0 aliphatic rings. The molecule has 0 N–H and O–H groups in total. The lowest BCUT2D eigenvalue weighted by Crippen LogP contribution is -2.36. The van der Waals surface area contributed by atoms with Crippen LogP contribution >= 0.6 is 7.26 Å². The van der Waals surface area contributed by atoms with Crippen molar-refractivity contribution < 1.29 is 0 Å². The second kappa shape index (κ2) is 7.75. The van der Waals surface area contributed by atoms with Gasteiger partial charge in [0.1, 0.15) is 0 Å². The van der Waals surface area contributed by atoms with Crippen LogP contribution < -0.4 is 15.9 Å². The average molecular weight is 334 g/mol. The SMILES string of the molecule is CN(C)CC[P](c1ccccc1)(c1ccccc1)c1ccccc1. The standard InChI is InChI=1S/C22H25NP/c1-23(2)18-19-24(20-12-6-3-7-13-20,21-14-8-4-9-15-21)22-16-10-5-11-17-22/h3-17H,18-19H2,1-2H3. The van der Waals surface area contributed by atoms with Crippen LogP contribution in [0.25, 0.3) is 0 Å². The lowest BCUT2D eigenvalue weighted by atomic mass is 10.4. The fourth-order valence-electron chi connectivity index (χ4n) is 3.23. The molecule has 1 radical (unpaired) electrons. The quantitative estimate of drug-likeness (QED) is 0.623. The summed E-state index contributed by atoms with van der Waals surface area (Å²) in [5.74, 6) is 0. The van der Waals surface area contributed by atoms with Crippen LogP contribution in [-0.4, -0.2) is 31.7 Å². The number of nitrogens with zero attached hydrogens (tertiary/aromatic N) is 1. The summed E-state index contributed by atoms with van der Waals surface area (Å²) in [7, 11) is 2.68. The van der Waals surface area contributed by atoms with Gasteiger partial charge in [0.2, 0.25) is 0 Å². The molecule has 0 bridgehead atoms. The summed E-state index contributed by atoms with van der Waals surface area (Å²) in [5, 5.41) is 4.39. The van der Waals surface area contributed by atoms with Crippen LogP contribution in [0.5, 0.6) is 0 Å². The highest BCUT2D eigenvalue weighted by molar-refractivity contribution is 7.95. The van der Waals surface area contributed by atoms with Gasteiger partial charge in [0, 0.05) is 6.54 Å². The lowest BCUT2D eigenvalue weighted by Gasteiger charge is -2.39. The van der Waals surface area contributed by atoms with E-state index in [2.05, 4.69) is 110 Å². The van der Waals surface area contributed by atoms with E-state index in [1.807, 2.05) is 0 Å². The van der Waals surface area contributed by atoms with Gasteiger partial charge in [-0.2, -0.15) is 0 Å². The lowest BCUT2D eigenvalue weighted by molar-refractivity contribution is 0.436. The first kappa shape index (κ1) is 16.9. The fraction of sp³-hybridized carbons (Fsp3) is 0.182. The zero-order chi connectivity index (χ0) is 16.8. The third-order valence-electron chi connectivity index (χ3n) is 4.47. The summed E-state index contributed by atoms with van der Waals surface area (Å²) in [6.07, 6.45) is 1.15. The van der Waals surface area contributed by atoms with Gasteiger partial charge in [-0.15, -0.1) is 0 Å². The van der Waals surface area contributed by atoms with Crippen molar-refractivity contribution in [3.63, 3.8) is 0 Å². The summed E-state index contributed by atoms with van der Waals surface area (Å²) in [4.78, 5) is 2.30. The first-order valence-electron chi connectivity index (χ1n) is 8.43. The molecule has 0 atom stereocenters. The Morgan fingerprint density at radius 3 is 1.21 bits per heavy atom. The van der Waals surface area contributed by atoms with Gasteiger partial charge < -0.3 is 4.90 Å². The highest BCUT2D eigenvalue weighted by Crippen LogP contribution is 2.54. The molecule has 0 fully saturated rings. The van der Waals surface area contributed by atoms with Gasteiger partial charge in [-0.05, 0) is 43.4 Å². The second-order valence-corrected chi connectivity index (χ2v) is 9.96. The van der Waals surface area contributed by atoms with E-state index in [4.69, 9.17) is 0 Å². The Kier molecular flexibility index (Phi) is 5.45. The number of hydrogen-bond donors (Lipinski definition) is 0. The molecule has 0 unspecified atom stereocenters. The summed E-state index contributed by atoms with van der Waals surface area (Å²) >= 11 is 0. The van der Waals surface area contributed by atoms with Crippen molar-refractivity contribution in [2.45, 2.75) is 0 Å². The van der Waals surface area contributed by atoms with E-state index in [9.17, 15) is 0 Å². The van der Waals surface area contributed by atoms with E-state index < -0.39 is 7.26 Å². The molecule has 0 spiro atoms. The maximum Gasteiger partial charge on any atom is 0.00204 e. The molecule has 0 heterocycles. The molecular formula is C22H25NP. The van der Waals surface area contributed by atoms with E-state index in [1.165, 1.54) is 15.9 Å². The Morgan fingerprint density at radius 1 is 0.583 bits per heavy atom. The highest BCUT2D eigenvalue weighted by Gasteiger charge is 2.33. The summed E-state index contributed by atoms with van der Waals surface area (Å²) < 4.78 is 0. The van der Waals surface area contributed by atoms with Gasteiger partial charge in [-0.1, -0.05) is 91.0 Å². The zero-order valence-electron chi connectivity index (χ0n) is 14.5. The van der Waals surface area contributed by atoms with Gasteiger partial charge in [-0.3, -0.25) is 0 Å². The maximum absolute atomic E-state index is 2.31. The van der Waals surface area contributed by atoms with Crippen LogP contribution in [-0.2, 0) is 0 Å². The van der Waals surface area contributed by atoms with Gasteiger partial charge in [0.25, 0.3) is 0 Å². The van der Waals surface area contributed by atoms with Crippen molar-refractivity contribution in [3.05, 3.63) is 91.0 Å². The topological polar surface area (TPSA) is 3.24 Å². The number of hydrogen-bond acceptors (Lipinski definition) is 1. The molecule has 2 heteroatoms. The summed E-state index contributed by atoms with van der Waals surface area (Å²) in [6, 6.07) is 33.2. The minimum absolute atomic E-state index is 1.08. The Morgan fingerprint density at radius 2 is 0.917 bits per heavy atom. The molecular weight excluding hydrogens is 309 g/mol. The smallest absolute Gasteiger partial charge is 0.00204 e. The predicted octanol–water partition coefficient (Wildman–Crippen LogP) is 3.54. The van der Waals surface area contributed by atoms with Crippen molar-refractivity contribution in [1.29, 1.82) is 0 Å². The molecule has 123 valence electrons. The average Bonchev–Trinajstić information content (AvgIpc) is 2.65. The molecule has 3 aromatic carbocycles. The Hall–Kier alpha value is -1.95. The fourth-order valence-corrected chi connectivity index (χ4v) is 7.64. The zero-order valence-corrected chi connectivity index (χ0v) is 15.4. The summed E-state index contributed by atoms with van der Waals surface area (Å²) in [6.45, 7) is 1.08. The van der Waals surface area contributed by atoms with Crippen LogP contribution in [0.4, 0.5) is 0 Å². The molecule has 1 nitrogen and oxygen atoms in total. The third-order valence-corrected chi connectivity index (χ3v) is 8.88. The van der Waals surface area contributed by atoms with E-state index in [0.717, 1.165) is 12.7 Å². The van der Waals surface area contributed by atoms with E-state index in [-0.39, 0.29) is 0 Å². The van der Waals surface area contributed by atoms with E-state index >= 15 is 0 Å². The molecule has 0 saturated heterocycles. The number of rotatable bonds is 6. The van der Waals surface area contributed by atoms with Crippen LogP contribution in [0.1, 0.15) is 0 Å². The highest BCUT2D eigenvalue weighted by atomic mass is 31.2. The minimum atomic E-state index is -1.65. The van der Waals surface area contributed by atoms with Crippen LogP contribution in [0.3, 0.4) is 0 Å². The van der Waals surface area contributed by atoms with Crippen molar-refractivity contribution >= 4 is 23.2 Å². The third kappa shape index (κ3) is 3.43. The molecule has 0 aromatic heterocycles. The predicted molar refractivity (Wildman–Crippen MR) is 109 cm³/mol. The number of benzene rings is 3. The van der Waals surface area contributed by atoms with Gasteiger partial charge in [0.15, 0.2) is 0 Å². The molecule has 3 aromatic rings. The maximum atomic E-state index is 2.31. The van der Waals surface area contributed by atoms with E-state index in [1.54, 1.807) is 0 Å². The largest absolute Gasteiger partial charge is 0.309 e. The first-order chi connectivity index (χ1) is 11.7. The molecule has 0 aliphatic carbocycles. The molecule has 0 aliphatic heterocycles. The molecule has 0 amide bonds.